The van der Waals surface area contributed by atoms with Crippen LogP contribution in [0.1, 0.15) is 10.3 Å². The first-order valence-corrected chi connectivity index (χ1v) is 6.02. The molecule has 0 saturated carbocycles. The Morgan fingerprint density at radius 2 is 1.80 bits per heavy atom. The quantitative estimate of drug-likeness (QED) is 0.646. The van der Waals surface area contributed by atoms with E-state index < -0.39 is 15.8 Å². The summed E-state index contributed by atoms with van der Waals surface area (Å²) >= 11 is 3.82. The van der Waals surface area contributed by atoms with Crippen LogP contribution in [0.3, 0.4) is 0 Å². The van der Waals surface area contributed by atoms with Gasteiger partial charge in [0.05, 0.1) is 0 Å². The van der Waals surface area contributed by atoms with Gasteiger partial charge < -0.3 is 4.55 Å². The Balaban J connectivity index is 2.65. The Morgan fingerprint density at radius 1 is 1.13 bits per heavy atom. The van der Waals surface area contributed by atoms with Crippen LogP contribution in [0.2, 0.25) is 0 Å². The van der Waals surface area contributed by atoms with Crippen LogP contribution in [0, 0.1) is 0 Å². The summed E-state index contributed by atoms with van der Waals surface area (Å²) in [5, 5.41) is 1.94. The summed E-state index contributed by atoms with van der Waals surface area (Å²) in [6.07, 6.45) is 0. The van der Waals surface area contributed by atoms with Crippen molar-refractivity contribution >= 4 is 33.5 Å². The van der Waals surface area contributed by atoms with Gasteiger partial charge in [0.15, 0.2) is 15.8 Å². The standard InChI is InChI=1S/C11H9ClO2S/c12-11(15(13)14)10-7-3-5-8-4-1-2-6-9(8)10/h1-7,11H,(H,13,14). The Labute approximate surface area is 95.2 Å². The van der Waals surface area contributed by atoms with E-state index in [0.29, 0.717) is 5.56 Å². The largest absolute Gasteiger partial charge is 0.305 e. The predicted molar refractivity (Wildman–Crippen MR) is 63.3 cm³/mol. The average molecular weight is 241 g/mol. The number of alkyl halides is 1. The van der Waals surface area contributed by atoms with Gasteiger partial charge in [0, 0.05) is 0 Å². The van der Waals surface area contributed by atoms with Crippen molar-refractivity contribution in [3.63, 3.8) is 0 Å². The minimum Gasteiger partial charge on any atom is -0.305 e. The van der Waals surface area contributed by atoms with Crippen LogP contribution in [-0.2, 0) is 11.1 Å². The molecule has 0 saturated heterocycles. The second kappa shape index (κ2) is 4.31. The van der Waals surface area contributed by atoms with Crippen LogP contribution >= 0.6 is 11.6 Å². The van der Waals surface area contributed by atoms with Crippen LogP contribution in [-0.4, -0.2) is 8.76 Å². The highest BCUT2D eigenvalue weighted by molar-refractivity contribution is 7.80. The molecular weight excluding hydrogens is 232 g/mol. The van der Waals surface area contributed by atoms with Gasteiger partial charge in [-0.25, -0.2) is 4.21 Å². The van der Waals surface area contributed by atoms with Crippen molar-refractivity contribution in [1.82, 2.24) is 0 Å². The van der Waals surface area contributed by atoms with E-state index in [2.05, 4.69) is 0 Å². The van der Waals surface area contributed by atoms with Crippen molar-refractivity contribution in [1.29, 1.82) is 0 Å². The molecule has 0 aliphatic heterocycles. The normalized spacial score (nSPS) is 15.1. The minimum atomic E-state index is -2.05. The number of halogens is 1. The average Bonchev–Trinajstić information content (AvgIpc) is 2.27. The highest BCUT2D eigenvalue weighted by atomic mass is 35.5. The summed E-state index contributed by atoms with van der Waals surface area (Å²) in [4.78, 5) is 0. The number of hydrogen-bond acceptors (Lipinski definition) is 1. The van der Waals surface area contributed by atoms with Crippen LogP contribution in [0.25, 0.3) is 10.8 Å². The van der Waals surface area contributed by atoms with Crippen molar-refractivity contribution in [2.24, 2.45) is 0 Å². The van der Waals surface area contributed by atoms with E-state index in [0.717, 1.165) is 10.8 Å². The molecule has 0 aromatic heterocycles. The van der Waals surface area contributed by atoms with E-state index >= 15 is 0 Å². The van der Waals surface area contributed by atoms with Crippen molar-refractivity contribution in [2.75, 3.05) is 0 Å². The van der Waals surface area contributed by atoms with Crippen molar-refractivity contribution in [2.45, 2.75) is 4.71 Å². The Morgan fingerprint density at radius 3 is 2.53 bits per heavy atom. The van der Waals surface area contributed by atoms with Crippen molar-refractivity contribution in [3.05, 3.63) is 48.0 Å². The lowest BCUT2D eigenvalue weighted by molar-refractivity contribution is 0.562. The second-order valence-corrected chi connectivity index (χ2v) is 4.88. The number of rotatable bonds is 2. The molecule has 0 radical (unpaired) electrons. The number of hydrogen-bond donors (Lipinski definition) is 1. The topological polar surface area (TPSA) is 37.3 Å². The fraction of sp³-hybridized carbons (Fsp3) is 0.0909. The molecule has 2 unspecified atom stereocenters. The lowest BCUT2D eigenvalue weighted by atomic mass is 10.1. The van der Waals surface area contributed by atoms with E-state index in [1.165, 1.54) is 0 Å². The summed E-state index contributed by atoms with van der Waals surface area (Å²) in [6, 6.07) is 13.2. The molecule has 4 heteroatoms. The van der Waals surface area contributed by atoms with Gasteiger partial charge >= 0.3 is 0 Å². The lowest BCUT2D eigenvalue weighted by Gasteiger charge is -2.08. The minimum absolute atomic E-state index is 0.690. The van der Waals surface area contributed by atoms with E-state index in [-0.39, 0.29) is 0 Å². The molecule has 2 nitrogen and oxygen atoms in total. The van der Waals surface area contributed by atoms with Gasteiger partial charge in [0.1, 0.15) is 0 Å². The van der Waals surface area contributed by atoms with E-state index in [4.69, 9.17) is 16.2 Å². The molecule has 78 valence electrons. The van der Waals surface area contributed by atoms with Gasteiger partial charge in [-0.1, -0.05) is 42.5 Å². The highest BCUT2D eigenvalue weighted by Crippen LogP contribution is 2.29. The zero-order chi connectivity index (χ0) is 10.8. The van der Waals surface area contributed by atoms with Crippen molar-refractivity contribution in [3.8, 4) is 0 Å². The fourth-order valence-corrected chi connectivity index (χ4v) is 2.17. The summed E-state index contributed by atoms with van der Waals surface area (Å²) in [6.45, 7) is 0. The molecule has 0 spiro atoms. The van der Waals surface area contributed by atoms with Gasteiger partial charge in [0.25, 0.3) is 0 Å². The van der Waals surface area contributed by atoms with Crippen LogP contribution in [0.15, 0.2) is 42.5 Å². The third-order valence-corrected chi connectivity index (χ3v) is 3.55. The van der Waals surface area contributed by atoms with Gasteiger partial charge in [-0.05, 0) is 16.3 Å². The zero-order valence-corrected chi connectivity index (χ0v) is 9.33. The molecule has 2 aromatic carbocycles. The van der Waals surface area contributed by atoms with E-state index in [1.807, 2.05) is 36.4 Å². The molecule has 0 bridgehead atoms. The predicted octanol–water partition coefficient (Wildman–Crippen LogP) is 3.30. The summed E-state index contributed by atoms with van der Waals surface area (Å²) in [5.74, 6) is 0. The monoisotopic (exact) mass is 240 g/mol. The number of fused-ring (bicyclic) bond motifs is 1. The first kappa shape index (κ1) is 10.6. The van der Waals surface area contributed by atoms with Gasteiger partial charge in [0.2, 0.25) is 0 Å². The molecule has 0 aliphatic rings. The lowest BCUT2D eigenvalue weighted by Crippen LogP contribution is -1.98. The van der Waals surface area contributed by atoms with Crippen molar-refractivity contribution < 1.29 is 8.76 Å². The van der Waals surface area contributed by atoms with Gasteiger partial charge in [-0.3, -0.25) is 0 Å². The molecule has 15 heavy (non-hydrogen) atoms. The zero-order valence-electron chi connectivity index (χ0n) is 7.76. The fourth-order valence-electron chi connectivity index (χ4n) is 1.56. The SMILES string of the molecule is O=S(O)C(Cl)c1cccc2ccccc12. The van der Waals surface area contributed by atoms with Crippen LogP contribution < -0.4 is 0 Å². The highest BCUT2D eigenvalue weighted by Gasteiger charge is 2.16. The molecule has 2 rings (SSSR count). The molecule has 2 atom stereocenters. The van der Waals surface area contributed by atoms with E-state index in [9.17, 15) is 4.21 Å². The first-order chi connectivity index (χ1) is 7.20. The molecule has 2 aromatic rings. The maximum absolute atomic E-state index is 10.9. The first-order valence-electron chi connectivity index (χ1n) is 4.41. The van der Waals surface area contributed by atoms with E-state index in [1.54, 1.807) is 6.07 Å². The number of benzene rings is 2. The van der Waals surface area contributed by atoms with Gasteiger partial charge in [-0.15, -0.1) is 11.6 Å². The Kier molecular flexibility index (Phi) is 3.05. The van der Waals surface area contributed by atoms with Crippen LogP contribution in [0.4, 0.5) is 0 Å². The summed E-state index contributed by atoms with van der Waals surface area (Å²) in [7, 11) is 0. The summed E-state index contributed by atoms with van der Waals surface area (Å²) in [5.41, 5.74) is 0.690. The summed E-state index contributed by atoms with van der Waals surface area (Å²) < 4.78 is 19.0. The molecule has 0 amide bonds. The molecule has 0 fully saturated rings. The molecule has 0 aliphatic carbocycles. The maximum Gasteiger partial charge on any atom is 0.176 e. The molecule has 0 heterocycles. The third-order valence-electron chi connectivity index (χ3n) is 2.24. The Bertz CT molecular complexity index is 507. The maximum atomic E-state index is 10.9. The van der Waals surface area contributed by atoms with Crippen LogP contribution in [0.5, 0.6) is 0 Å². The van der Waals surface area contributed by atoms with Gasteiger partial charge in [-0.2, -0.15) is 0 Å². The molecule has 1 N–H and O–H groups in total. The molecular formula is C11H9ClO2S. The second-order valence-electron chi connectivity index (χ2n) is 3.16. The smallest absolute Gasteiger partial charge is 0.176 e. The third kappa shape index (κ3) is 2.04. The Hall–Kier alpha value is -0.900.